The lowest BCUT2D eigenvalue weighted by Gasteiger charge is -2.27. The number of hydrogen-bond acceptors (Lipinski definition) is 4. The number of rotatable bonds is 5. The number of carbonyl (C=O) groups excluding carboxylic acids is 1. The fraction of sp³-hybridized carbons (Fsp3) is 0.533. The minimum atomic E-state index is 0.130. The van der Waals surface area contributed by atoms with E-state index in [0.717, 1.165) is 11.3 Å². The first-order valence-corrected chi connectivity index (χ1v) is 6.93. The molecule has 1 atom stereocenters. The summed E-state index contributed by atoms with van der Waals surface area (Å²) in [5.74, 6) is 0.971. The van der Waals surface area contributed by atoms with Gasteiger partial charge in [-0.2, -0.15) is 0 Å². The van der Waals surface area contributed by atoms with Gasteiger partial charge in [-0.05, 0) is 24.6 Å². The smallest absolute Gasteiger partial charge is 0.236 e. The fourth-order valence-corrected chi connectivity index (χ4v) is 2.18. The summed E-state index contributed by atoms with van der Waals surface area (Å²) >= 11 is 0. The highest BCUT2D eigenvalue weighted by Crippen LogP contribution is 2.17. The molecule has 0 saturated carbocycles. The zero-order chi connectivity index (χ0) is 14.4. The number of carbonyl (C=O) groups is 1. The van der Waals surface area contributed by atoms with Gasteiger partial charge in [0.2, 0.25) is 5.91 Å². The number of benzene rings is 1. The summed E-state index contributed by atoms with van der Waals surface area (Å²) in [5.41, 5.74) is 1.14. The van der Waals surface area contributed by atoms with Crippen LogP contribution in [0.15, 0.2) is 24.3 Å². The second-order valence-electron chi connectivity index (χ2n) is 4.87. The summed E-state index contributed by atoms with van der Waals surface area (Å²) < 4.78 is 10.4. The molecule has 1 aromatic carbocycles. The van der Waals surface area contributed by atoms with Crippen molar-refractivity contribution in [3.05, 3.63) is 29.8 Å². The normalized spacial score (nSPS) is 16.8. The summed E-state index contributed by atoms with van der Waals surface area (Å²) in [6.45, 7) is 5.07. The van der Waals surface area contributed by atoms with Crippen molar-refractivity contribution in [2.75, 3.05) is 40.0 Å². The average molecular weight is 278 g/mol. The summed E-state index contributed by atoms with van der Waals surface area (Å²) in [6.07, 6.45) is 0. The monoisotopic (exact) mass is 278 g/mol. The Hall–Kier alpha value is -1.59. The number of nitrogens with zero attached hydrogens (tertiary/aromatic N) is 1. The molecule has 1 fully saturated rings. The summed E-state index contributed by atoms with van der Waals surface area (Å²) in [7, 11) is 1.65. The summed E-state index contributed by atoms with van der Waals surface area (Å²) in [4.78, 5) is 13.9. The van der Waals surface area contributed by atoms with Gasteiger partial charge in [0.15, 0.2) is 0 Å². The molecule has 0 radical (unpaired) electrons. The van der Waals surface area contributed by atoms with E-state index in [4.69, 9.17) is 9.47 Å². The number of methoxy groups -OCH3 is 1. The van der Waals surface area contributed by atoms with Crippen molar-refractivity contribution in [3.8, 4) is 5.75 Å². The van der Waals surface area contributed by atoms with E-state index < -0.39 is 0 Å². The van der Waals surface area contributed by atoms with E-state index in [0.29, 0.717) is 32.8 Å². The molecule has 110 valence electrons. The van der Waals surface area contributed by atoms with Crippen molar-refractivity contribution < 1.29 is 14.3 Å². The fourth-order valence-electron chi connectivity index (χ4n) is 2.18. The van der Waals surface area contributed by atoms with Crippen molar-refractivity contribution in [1.29, 1.82) is 0 Å². The van der Waals surface area contributed by atoms with Gasteiger partial charge in [-0.3, -0.25) is 4.79 Å². The van der Waals surface area contributed by atoms with Crippen molar-refractivity contribution in [2.24, 2.45) is 0 Å². The van der Waals surface area contributed by atoms with Crippen LogP contribution in [0.3, 0.4) is 0 Å². The maximum Gasteiger partial charge on any atom is 0.236 e. The predicted octanol–water partition coefficient (Wildman–Crippen LogP) is 1.20. The standard InChI is InChI=1S/C15H22N2O3/c1-12(13-3-5-14(19-2)6-4-13)16-11-15(18)17-7-9-20-10-8-17/h3-6,12,16H,7-11H2,1-2H3/t12-/m0/s1. The summed E-state index contributed by atoms with van der Waals surface area (Å²) in [5, 5.41) is 3.26. The van der Waals surface area contributed by atoms with Gasteiger partial charge in [-0.15, -0.1) is 0 Å². The van der Waals surface area contributed by atoms with E-state index in [2.05, 4.69) is 12.2 Å². The van der Waals surface area contributed by atoms with E-state index in [1.165, 1.54) is 0 Å². The minimum absolute atomic E-state index is 0.130. The Bertz CT molecular complexity index is 427. The van der Waals surface area contributed by atoms with Gasteiger partial charge >= 0.3 is 0 Å². The highest BCUT2D eigenvalue weighted by molar-refractivity contribution is 5.78. The molecule has 1 saturated heterocycles. The second kappa shape index (κ2) is 7.26. The molecule has 1 aliphatic rings. The third kappa shape index (κ3) is 3.95. The first-order valence-electron chi connectivity index (χ1n) is 6.93. The van der Waals surface area contributed by atoms with E-state index in [1.807, 2.05) is 29.2 Å². The number of ether oxygens (including phenoxy) is 2. The molecular weight excluding hydrogens is 256 g/mol. The lowest BCUT2D eigenvalue weighted by molar-refractivity contribution is -0.134. The van der Waals surface area contributed by atoms with Gasteiger partial charge in [-0.1, -0.05) is 12.1 Å². The van der Waals surface area contributed by atoms with Crippen LogP contribution in [0.2, 0.25) is 0 Å². The molecule has 1 heterocycles. The van der Waals surface area contributed by atoms with E-state index in [-0.39, 0.29) is 11.9 Å². The number of morpholine rings is 1. The van der Waals surface area contributed by atoms with Gasteiger partial charge in [0.1, 0.15) is 5.75 Å². The Morgan fingerprint density at radius 2 is 2.00 bits per heavy atom. The molecule has 0 bridgehead atoms. The molecule has 2 rings (SSSR count). The maximum atomic E-state index is 12.0. The van der Waals surface area contributed by atoms with Crippen molar-refractivity contribution in [3.63, 3.8) is 0 Å². The predicted molar refractivity (Wildman–Crippen MR) is 76.8 cm³/mol. The van der Waals surface area contributed by atoms with E-state index in [1.54, 1.807) is 7.11 Å². The third-order valence-electron chi connectivity index (χ3n) is 3.54. The molecule has 1 aromatic rings. The molecule has 1 aliphatic heterocycles. The Morgan fingerprint density at radius 1 is 1.35 bits per heavy atom. The lowest BCUT2D eigenvalue weighted by Crippen LogP contribution is -2.45. The quantitative estimate of drug-likeness (QED) is 0.879. The molecule has 5 nitrogen and oxygen atoms in total. The van der Waals surface area contributed by atoms with Gasteiger partial charge in [0.25, 0.3) is 0 Å². The Morgan fingerprint density at radius 3 is 2.60 bits per heavy atom. The van der Waals surface area contributed by atoms with E-state index >= 15 is 0 Å². The highest BCUT2D eigenvalue weighted by Gasteiger charge is 2.17. The molecule has 1 amide bonds. The molecule has 5 heteroatoms. The van der Waals surface area contributed by atoms with Crippen LogP contribution >= 0.6 is 0 Å². The molecule has 0 spiro atoms. The maximum absolute atomic E-state index is 12.0. The Balaban J connectivity index is 1.81. The van der Waals surface area contributed by atoms with Crippen molar-refractivity contribution in [1.82, 2.24) is 10.2 Å². The molecule has 0 aromatic heterocycles. The zero-order valence-corrected chi connectivity index (χ0v) is 12.1. The second-order valence-corrected chi connectivity index (χ2v) is 4.87. The zero-order valence-electron chi connectivity index (χ0n) is 12.1. The number of hydrogen-bond donors (Lipinski definition) is 1. The van der Waals surface area contributed by atoms with Gasteiger partial charge < -0.3 is 19.7 Å². The lowest BCUT2D eigenvalue weighted by atomic mass is 10.1. The van der Waals surface area contributed by atoms with Crippen LogP contribution in [0.5, 0.6) is 5.75 Å². The first-order chi connectivity index (χ1) is 9.70. The summed E-state index contributed by atoms with van der Waals surface area (Å²) in [6, 6.07) is 8.01. The first kappa shape index (κ1) is 14.8. The van der Waals surface area contributed by atoms with Gasteiger partial charge in [0, 0.05) is 19.1 Å². The SMILES string of the molecule is COc1ccc([C@H](C)NCC(=O)N2CCOCC2)cc1. The van der Waals surface area contributed by atoms with Crippen LogP contribution in [0.1, 0.15) is 18.5 Å². The minimum Gasteiger partial charge on any atom is -0.497 e. The van der Waals surface area contributed by atoms with Gasteiger partial charge in [-0.25, -0.2) is 0 Å². The topological polar surface area (TPSA) is 50.8 Å². The molecule has 1 N–H and O–H groups in total. The average Bonchev–Trinajstić information content (AvgIpc) is 2.53. The Kier molecular flexibility index (Phi) is 5.38. The van der Waals surface area contributed by atoms with Crippen LogP contribution in [-0.4, -0.2) is 50.8 Å². The van der Waals surface area contributed by atoms with Crippen molar-refractivity contribution in [2.45, 2.75) is 13.0 Å². The highest BCUT2D eigenvalue weighted by atomic mass is 16.5. The van der Waals surface area contributed by atoms with Crippen LogP contribution in [0, 0.1) is 0 Å². The molecule has 20 heavy (non-hydrogen) atoms. The van der Waals surface area contributed by atoms with Crippen LogP contribution in [0.25, 0.3) is 0 Å². The van der Waals surface area contributed by atoms with E-state index in [9.17, 15) is 4.79 Å². The van der Waals surface area contributed by atoms with Crippen LogP contribution < -0.4 is 10.1 Å². The molecule has 0 aliphatic carbocycles. The van der Waals surface area contributed by atoms with Gasteiger partial charge in [0.05, 0.1) is 26.9 Å². The molecule has 0 unspecified atom stereocenters. The van der Waals surface area contributed by atoms with Crippen LogP contribution in [-0.2, 0) is 9.53 Å². The number of amides is 1. The van der Waals surface area contributed by atoms with Crippen molar-refractivity contribution >= 4 is 5.91 Å². The number of nitrogens with one attached hydrogen (secondary N) is 1. The molecular formula is C15H22N2O3. The van der Waals surface area contributed by atoms with Crippen LogP contribution in [0.4, 0.5) is 0 Å². The third-order valence-corrected chi connectivity index (χ3v) is 3.54. The largest absolute Gasteiger partial charge is 0.497 e. The Labute approximate surface area is 119 Å².